The molecule has 0 aliphatic carbocycles. The summed E-state index contributed by atoms with van der Waals surface area (Å²) in [6, 6.07) is 17.9. The molecule has 0 saturated carbocycles. The highest BCUT2D eigenvalue weighted by molar-refractivity contribution is 7.39. The molecule has 3 rings (SSSR count). The van der Waals surface area contributed by atoms with Crippen LogP contribution in [0, 0.1) is 0 Å². The first-order valence-electron chi connectivity index (χ1n) is 16.7. The van der Waals surface area contributed by atoms with Crippen LogP contribution in [-0.2, 0) is 32.1 Å². The van der Waals surface area contributed by atoms with E-state index in [1.807, 2.05) is 6.07 Å². The Morgan fingerprint density at radius 2 is 0.952 bits per heavy atom. The van der Waals surface area contributed by atoms with Crippen LogP contribution in [0.25, 0.3) is 22.3 Å². The zero-order chi connectivity index (χ0) is 30.3. The number of rotatable bonds is 19. The van der Waals surface area contributed by atoms with Crippen LogP contribution in [0.4, 0.5) is 0 Å². The maximum Gasteiger partial charge on any atom is 0.391 e. The summed E-state index contributed by atoms with van der Waals surface area (Å²) in [5.74, 6) is 0.607. The number of unbranched alkanes of at least 4 members (excludes halogenated alkanes) is 5. The Bertz CT molecular complexity index is 1230. The fourth-order valence-electron chi connectivity index (χ4n) is 6.19. The lowest BCUT2D eigenvalue weighted by atomic mass is 9.81. The highest BCUT2D eigenvalue weighted by Gasteiger charge is 2.23. The van der Waals surface area contributed by atoms with Gasteiger partial charge in [0.15, 0.2) is 0 Å². The van der Waals surface area contributed by atoms with Crippen molar-refractivity contribution in [1.29, 1.82) is 0 Å². The van der Waals surface area contributed by atoms with Gasteiger partial charge in [-0.25, -0.2) is 0 Å². The van der Waals surface area contributed by atoms with Gasteiger partial charge in [-0.1, -0.05) is 109 Å². The third-order valence-corrected chi connectivity index (χ3v) is 8.86. The van der Waals surface area contributed by atoms with Gasteiger partial charge in [-0.3, -0.25) is 0 Å². The van der Waals surface area contributed by atoms with E-state index in [9.17, 15) is 9.79 Å². The van der Waals surface area contributed by atoms with Gasteiger partial charge in [0.25, 0.3) is 0 Å². The van der Waals surface area contributed by atoms with Crippen LogP contribution in [0.3, 0.4) is 0 Å². The van der Waals surface area contributed by atoms with E-state index in [4.69, 9.17) is 4.52 Å². The molecule has 0 radical (unpaired) electrons. The van der Waals surface area contributed by atoms with Gasteiger partial charge in [0.1, 0.15) is 5.75 Å². The second-order valence-electron chi connectivity index (χ2n) is 11.7. The van der Waals surface area contributed by atoms with Crippen molar-refractivity contribution in [3.8, 4) is 28.0 Å². The molecule has 0 spiro atoms. The van der Waals surface area contributed by atoms with Crippen molar-refractivity contribution in [3.63, 3.8) is 0 Å². The normalized spacial score (nSPS) is 11.4. The molecule has 2 N–H and O–H groups in total. The lowest BCUT2D eigenvalue weighted by Gasteiger charge is -2.25. The van der Waals surface area contributed by atoms with E-state index in [0.717, 1.165) is 63.4 Å². The fraction of sp³-hybridized carbons (Fsp3) is 0.526. The van der Waals surface area contributed by atoms with E-state index >= 15 is 0 Å². The Kier molecular flexibility index (Phi) is 15.1. The zero-order valence-corrected chi connectivity index (χ0v) is 27.9. The smallest absolute Gasteiger partial charge is 0.391 e. The number of aryl methyl sites for hydroxylation is 2. The standard InChI is InChI=1S/C38H55O3P/c1-6-11-18-29-20-16-25-33(31(29)22-13-8-3)35-27-28-37(41-42(39)40)36(24-15-10-5)38(35)34-26-17-21-30(19-12-7-2)32(34)23-14-9-4/h16-17,20-21,25-28,39-40H,6-15,18-19,22-24H2,1-5H3. The summed E-state index contributed by atoms with van der Waals surface area (Å²) in [6.07, 6.45) is 16.6. The van der Waals surface area contributed by atoms with Crippen molar-refractivity contribution in [2.24, 2.45) is 0 Å². The maximum absolute atomic E-state index is 9.97. The number of hydrogen-bond acceptors (Lipinski definition) is 3. The van der Waals surface area contributed by atoms with E-state index in [2.05, 4.69) is 77.1 Å². The summed E-state index contributed by atoms with van der Waals surface area (Å²) in [5.41, 5.74) is 12.1. The molecule has 0 aromatic heterocycles. The summed E-state index contributed by atoms with van der Waals surface area (Å²) in [6.45, 7) is 11.3. The molecule has 0 saturated heterocycles. The summed E-state index contributed by atoms with van der Waals surface area (Å²) >= 11 is 0. The minimum absolute atomic E-state index is 0.607. The predicted octanol–water partition coefficient (Wildman–Crippen LogP) is 11.3. The van der Waals surface area contributed by atoms with E-state index in [1.54, 1.807) is 0 Å². The van der Waals surface area contributed by atoms with Gasteiger partial charge in [0.2, 0.25) is 0 Å². The molecule has 0 fully saturated rings. The van der Waals surface area contributed by atoms with E-state index < -0.39 is 8.60 Å². The molecular formula is C38H55O3P. The van der Waals surface area contributed by atoms with Crippen LogP contribution in [0.15, 0.2) is 48.5 Å². The second-order valence-corrected chi connectivity index (χ2v) is 12.4. The molecule has 0 aliphatic rings. The topological polar surface area (TPSA) is 49.7 Å². The molecule has 0 aliphatic heterocycles. The number of hydrogen-bond donors (Lipinski definition) is 2. The Morgan fingerprint density at radius 1 is 0.500 bits per heavy atom. The molecule has 3 aromatic carbocycles. The van der Waals surface area contributed by atoms with Crippen LogP contribution in [-0.4, -0.2) is 9.79 Å². The van der Waals surface area contributed by atoms with Crippen LogP contribution in [0.1, 0.15) is 127 Å². The Balaban J connectivity index is 2.43. The molecule has 0 bridgehead atoms. The molecule has 230 valence electrons. The van der Waals surface area contributed by atoms with Gasteiger partial charge in [0.05, 0.1) is 0 Å². The zero-order valence-electron chi connectivity index (χ0n) is 27.0. The summed E-state index contributed by atoms with van der Waals surface area (Å²) < 4.78 is 5.76. The predicted molar refractivity (Wildman–Crippen MR) is 182 cm³/mol. The van der Waals surface area contributed by atoms with Gasteiger partial charge in [-0.15, -0.1) is 0 Å². The van der Waals surface area contributed by atoms with Gasteiger partial charge in [-0.05, 0) is 115 Å². The summed E-state index contributed by atoms with van der Waals surface area (Å²) in [4.78, 5) is 19.9. The minimum Gasteiger partial charge on any atom is -0.427 e. The van der Waals surface area contributed by atoms with Crippen molar-refractivity contribution in [1.82, 2.24) is 0 Å². The van der Waals surface area contributed by atoms with Crippen molar-refractivity contribution >= 4 is 8.60 Å². The number of benzene rings is 3. The van der Waals surface area contributed by atoms with Crippen LogP contribution in [0.2, 0.25) is 0 Å². The third kappa shape index (κ3) is 9.15. The minimum atomic E-state index is -2.51. The van der Waals surface area contributed by atoms with Crippen molar-refractivity contribution < 1.29 is 14.3 Å². The largest absolute Gasteiger partial charge is 0.427 e. The molecule has 42 heavy (non-hydrogen) atoms. The van der Waals surface area contributed by atoms with Crippen LogP contribution >= 0.6 is 8.60 Å². The molecule has 0 amide bonds. The first-order valence-corrected chi connectivity index (χ1v) is 17.9. The average Bonchev–Trinajstić information content (AvgIpc) is 2.99. The third-order valence-electron chi connectivity index (χ3n) is 8.50. The quantitative estimate of drug-likeness (QED) is 0.137. The van der Waals surface area contributed by atoms with Crippen molar-refractivity contribution in [2.75, 3.05) is 0 Å². The van der Waals surface area contributed by atoms with Crippen LogP contribution in [0.5, 0.6) is 5.75 Å². The lowest BCUT2D eigenvalue weighted by molar-refractivity contribution is 0.373. The Labute approximate surface area is 257 Å². The molecule has 0 heterocycles. The highest BCUT2D eigenvalue weighted by atomic mass is 31.2. The molecule has 3 nitrogen and oxygen atoms in total. The first kappa shape index (κ1) is 34.3. The average molecular weight is 591 g/mol. The highest BCUT2D eigenvalue weighted by Crippen LogP contribution is 2.46. The fourth-order valence-corrected chi connectivity index (χ4v) is 6.54. The van der Waals surface area contributed by atoms with E-state index in [0.29, 0.717) is 5.75 Å². The Morgan fingerprint density at radius 3 is 1.45 bits per heavy atom. The molecular weight excluding hydrogens is 535 g/mol. The van der Waals surface area contributed by atoms with Gasteiger partial charge in [-0.2, -0.15) is 0 Å². The molecule has 4 heteroatoms. The molecule has 0 unspecified atom stereocenters. The SMILES string of the molecule is CCCCc1cccc(-c2ccc(OP(O)O)c(CCCC)c2-c2cccc(CCCC)c2CCCC)c1CCCC. The first-order chi connectivity index (χ1) is 20.5. The van der Waals surface area contributed by atoms with E-state index in [1.165, 1.54) is 83.0 Å². The van der Waals surface area contributed by atoms with Gasteiger partial charge in [0, 0.05) is 5.56 Å². The monoisotopic (exact) mass is 590 g/mol. The summed E-state index contributed by atoms with van der Waals surface area (Å²) in [7, 11) is -2.51. The lowest BCUT2D eigenvalue weighted by Crippen LogP contribution is -2.05. The second kappa shape index (κ2) is 18.5. The van der Waals surface area contributed by atoms with Crippen molar-refractivity contribution in [3.05, 3.63) is 76.3 Å². The molecule has 0 atom stereocenters. The van der Waals surface area contributed by atoms with E-state index in [-0.39, 0.29) is 0 Å². The van der Waals surface area contributed by atoms with Gasteiger partial charge < -0.3 is 14.3 Å². The van der Waals surface area contributed by atoms with Crippen LogP contribution < -0.4 is 4.52 Å². The van der Waals surface area contributed by atoms with Crippen molar-refractivity contribution in [2.45, 2.75) is 131 Å². The molecule has 3 aromatic rings. The Hall–Kier alpha value is -2.19. The maximum atomic E-state index is 9.97. The van der Waals surface area contributed by atoms with Gasteiger partial charge >= 0.3 is 8.60 Å². The summed E-state index contributed by atoms with van der Waals surface area (Å²) in [5, 5.41) is 0.